The minimum absolute atomic E-state index is 0.383. The van der Waals surface area contributed by atoms with E-state index in [0.717, 1.165) is 29.0 Å². The van der Waals surface area contributed by atoms with Crippen LogP contribution in [0.25, 0.3) is 0 Å². The summed E-state index contributed by atoms with van der Waals surface area (Å²) in [5.41, 5.74) is 0. The molecule has 0 fully saturated rings. The maximum Gasteiger partial charge on any atom is 0.192 e. The number of anilines is 1. The molecule has 0 saturated carbocycles. The SMILES string of the molecule is CCCNc1cc(Sc2ncnn2C)nc(COC)n1. The molecule has 0 aliphatic carbocycles. The molecule has 2 heterocycles. The molecule has 8 heteroatoms. The van der Waals surface area contributed by atoms with Crippen molar-refractivity contribution in [2.24, 2.45) is 7.05 Å². The minimum atomic E-state index is 0.383. The number of rotatable bonds is 7. The van der Waals surface area contributed by atoms with E-state index in [0.29, 0.717) is 12.4 Å². The lowest BCUT2D eigenvalue weighted by molar-refractivity contribution is 0.177. The van der Waals surface area contributed by atoms with Gasteiger partial charge in [-0.2, -0.15) is 5.10 Å². The van der Waals surface area contributed by atoms with Crippen LogP contribution < -0.4 is 5.32 Å². The van der Waals surface area contributed by atoms with Crippen molar-refractivity contribution in [3.8, 4) is 0 Å². The third kappa shape index (κ3) is 3.91. The highest BCUT2D eigenvalue weighted by atomic mass is 32.2. The molecule has 2 aromatic heterocycles. The average molecular weight is 294 g/mol. The summed E-state index contributed by atoms with van der Waals surface area (Å²) in [5, 5.41) is 8.92. The summed E-state index contributed by atoms with van der Waals surface area (Å²) in [5.74, 6) is 1.46. The van der Waals surface area contributed by atoms with Gasteiger partial charge in [0.2, 0.25) is 0 Å². The van der Waals surface area contributed by atoms with E-state index in [1.54, 1.807) is 11.8 Å². The fourth-order valence-electron chi connectivity index (χ4n) is 1.53. The van der Waals surface area contributed by atoms with E-state index in [2.05, 4.69) is 32.3 Å². The highest BCUT2D eigenvalue weighted by Crippen LogP contribution is 2.25. The van der Waals surface area contributed by atoms with Crippen LogP contribution in [0.1, 0.15) is 19.2 Å². The van der Waals surface area contributed by atoms with Crippen molar-refractivity contribution in [2.75, 3.05) is 19.0 Å². The molecule has 2 aromatic rings. The van der Waals surface area contributed by atoms with Crippen LogP contribution in [0.15, 0.2) is 22.6 Å². The zero-order valence-electron chi connectivity index (χ0n) is 11.8. The van der Waals surface area contributed by atoms with E-state index in [1.165, 1.54) is 18.1 Å². The number of nitrogens with zero attached hydrogens (tertiary/aromatic N) is 5. The second kappa shape index (κ2) is 7.20. The Morgan fingerprint density at radius 1 is 1.40 bits per heavy atom. The Balaban J connectivity index is 2.21. The second-order valence-electron chi connectivity index (χ2n) is 4.14. The molecule has 0 aromatic carbocycles. The fourth-order valence-corrected chi connectivity index (χ4v) is 2.32. The first-order valence-electron chi connectivity index (χ1n) is 6.35. The first-order valence-corrected chi connectivity index (χ1v) is 7.17. The van der Waals surface area contributed by atoms with Crippen LogP contribution in [0, 0.1) is 0 Å². The molecule has 0 atom stereocenters. The zero-order chi connectivity index (χ0) is 14.4. The van der Waals surface area contributed by atoms with Crippen molar-refractivity contribution >= 4 is 17.6 Å². The van der Waals surface area contributed by atoms with E-state index in [-0.39, 0.29) is 0 Å². The van der Waals surface area contributed by atoms with Crippen molar-refractivity contribution < 1.29 is 4.74 Å². The summed E-state index contributed by atoms with van der Waals surface area (Å²) in [6, 6.07) is 1.91. The first-order chi connectivity index (χ1) is 9.72. The summed E-state index contributed by atoms with van der Waals surface area (Å²) in [4.78, 5) is 13.0. The van der Waals surface area contributed by atoms with Gasteiger partial charge in [0.15, 0.2) is 11.0 Å². The van der Waals surface area contributed by atoms with Crippen LogP contribution in [0.3, 0.4) is 0 Å². The van der Waals surface area contributed by atoms with Crippen LogP contribution in [0.4, 0.5) is 5.82 Å². The molecule has 0 aliphatic rings. The van der Waals surface area contributed by atoms with Gasteiger partial charge >= 0.3 is 0 Å². The molecule has 108 valence electrons. The molecule has 2 rings (SSSR count). The minimum Gasteiger partial charge on any atom is -0.377 e. The van der Waals surface area contributed by atoms with Gasteiger partial charge in [0.05, 0.1) is 0 Å². The standard InChI is InChI=1S/C12H18N6OS/c1-4-5-13-9-6-11(17-10(16-9)7-19-3)20-12-14-8-15-18(12)2/h6,8H,4-5,7H2,1-3H3,(H,13,16,17). The summed E-state index contributed by atoms with van der Waals surface area (Å²) >= 11 is 1.45. The van der Waals surface area contributed by atoms with Gasteiger partial charge in [0, 0.05) is 26.8 Å². The van der Waals surface area contributed by atoms with Gasteiger partial charge in [0.25, 0.3) is 0 Å². The van der Waals surface area contributed by atoms with Crippen LogP contribution in [-0.2, 0) is 18.4 Å². The Morgan fingerprint density at radius 3 is 2.90 bits per heavy atom. The maximum absolute atomic E-state index is 5.11. The topological polar surface area (TPSA) is 77.8 Å². The number of nitrogens with one attached hydrogen (secondary N) is 1. The molecule has 0 saturated heterocycles. The Hall–Kier alpha value is -1.67. The molecule has 0 unspecified atom stereocenters. The largest absolute Gasteiger partial charge is 0.377 e. The third-order valence-corrected chi connectivity index (χ3v) is 3.41. The monoisotopic (exact) mass is 294 g/mol. The van der Waals surface area contributed by atoms with Gasteiger partial charge in [0.1, 0.15) is 23.8 Å². The predicted octanol–water partition coefficient (Wildman–Crippen LogP) is 1.72. The quantitative estimate of drug-likeness (QED) is 0.779. The number of hydrogen-bond donors (Lipinski definition) is 1. The molecule has 0 bridgehead atoms. The Kier molecular flexibility index (Phi) is 5.31. The smallest absolute Gasteiger partial charge is 0.192 e. The molecule has 7 nitrogen and oxygen atoms in total. The van der Waals surface area contributed by atoms with E-state index < -0.39 is 0 Å². The number of ether oxygens (including phenoxy) is 1. The fraction of sp³-hybridized carbons (Fsp3) is 0.500. The van der Waals surface area contributed by atoms with E-state index in [4.69, 9.17) is 4.74 Å². The lowest BCUT2D eigenvalue weighted by Crippen LogP contribution is -2.06. The van der Waals surface area contributed by atoms with E-state index in [9.17, 15) is 0 Å². The summed E-state index contributed by atoms with van der Waals surface area (Å²) < 4.78 is 6.82. The van der Waals surface area contributed by atoms with Crippen molar-refractivity contribution in [2.45, 2.75) is 30.1 Å². The average Bonchev–Trinajstić information content (AvgIpc) is 2.82. The van der Waals surface area contributed by atoms with Crippen molar-refractivity contribution in [3.63, 3.8) is 0 Å². The third-order valence-electron chi connectivity index (χ3n) is 2.44. The Bertz CT molecular complexity index is 559. The molecule has 1 N–H and O–H groups in total. The Labute approximate surface area is 122 Å². The highest BCUT2D eigenvalue weighted by molar-refractivity contribution is 7.99. The maximum atomic E-state index is 5.11. The molecule has 0 radical (unpaired) electrons. The van der Waals surface area contributed by atoms with Gasteiger partial charge in [-0.1, -0.05) is 6.92 Å². The number of aryl methyl sites for hydroxylation is 1. The van der Waals surface area contributed by atoms with Gasteiger partial charge in [-0.15, -0.1) is 0 Å². The Morgan fingerprint density at radius 2 is 2.25 bits per heavy atom. The molecule has 0 spiro atoms. The van der Waals surface area contributed by atoms with Gasteiger partial charge in [-0.3, -0.25) is 0 Å². The van der Waals surface area contributed by atoms with Crippen molar-refractivity contribution in [1.82, 2.24) is 24.7 Å². The number of aromatic nitrogens is 5. The normalized spacial score (nSPS) is 10.8. The summed E-state index contributed by atoms with van der Waals surface area (Å²) in [7, 11) is 3.48. The summed E-state index contributed by atoms with van der Waals surface area (Å²) in [6.07, 6.45) is 2.56. The zero-order valence-corrected chi connectivity index (χ0v) is 12.6. The highest BCUT2D eigenvalue weighted by Gasteiger charge is 2.09. The van der Waals surface area contributed by atoms with Crippen LogP contribution in [0.2, 0.25) is 0 Å². The van der Waals surface area contributed by atoms with Gasteiger partial charge in [-0.05, 0) is 18.2 Å². The van der Waals surface area contributed by atoms with E-state index >= 15 is 0 Å². The van der Waals surface area contributed by atoms with Crippen molar-refractivity contribution in [1.29, 1.82) is 0 Å². The number of methoxy groups -OCH3 is 1. The summed E-state index contributed by atoms with van der Waals surface area (Å²) in [6.45, 7) is 3.37. The first kappa shape index (κ1) is 14.7. The molecular formula is C12H18N6OS. The van der Waals surface area contributed by atoms with Crippen LogP contribution in [-0.4, -0.2) is 38.4 Å². The van der Waals surface area contributed by atoms with Gasteiger partial charge < -0.3 is 10.1 Å². The van der Waals surface area contributed by atoms with Crippen molar-refractivity contribution in [3.05, 3.63) is 18.2 Å². The van der Waals surface area contributed by atoms with Gasteiger partial charge in [-0.25, -0.2) is 19.6 Å². The van der Waals surface area contributed by atoms with Crippen LogP contribution >= 0.6 is 11.8 Å². The molecular weight excluding hydrogens is 276 g/mol. The molecule has 20 heavy (non-hydrogen) atoms. The van der Waals surface area contributed by atoms with E-state index in [1.807, 2.05) is 13.1 Å². The molecule has 0 aliphatic heterocycles. The predicted molar refractivity (Wildman–Crippen MR) is 76.7 cm³/mol. The lowest BCUT2D eigenvalue weighted by Gasteiger charge is -2.08. The second-order valence-corrected chi connectivity index (χ2v) is 5.12. The number of hydrogen-bond acceptors (Lipinski definition) is 7. The molecule has 0 amide bonds. The lowest BCUT2D eigenvalue weighted by atomic mass is 10.4. The van der Waals surface area contributed by atoms with Crippen LogP contribution in [0.5, 0.6) is 0 Å².